The van der Waals surface area contributed by atoms with Gasteiger partial charge in [0, 0.05) is 12.2 Å². The highest BCUT2D eigenvalue weighted by Gasteiger charge is 2.15. The number of aromatic amines is 1. The Balaban J connectivity index is 1.68. The maximum Gasteiger partial charge on any atom is 0.238 e. The summed E-state index contributed by atoms with van der Waals surface area (Å²) in [6, 6.07) is 0.528. The first-order chi connectivity index (χ1) is 7.34. The van der Waals surface area contributed by atoms with Crippen LogP contribution in [-0.2, 0) is 4.79 Å². The molecule has 0 atom stereocenters. The minimum absolute atomic E-state index is 0.0108. The van der Waals surface area contributed by atoms with Gasteiger partial charge >= 0.3 is 0 Å². The average Bonchev–Trinajstić information content (AvgIpc) is 2.86. The summed E-state index contributed by atoms with van der Waals surface area (Å²) in [6.45, 7) is 0.385. The lowest BCUT2D eigenvalue weighted by Crippen LogP contribution is -2.34. The van der Waals surface area contributed by atoms with E-state index in [1.807, 2.05) is 0 Å². The van der Waals surface area contributed by atoms with Gasteiger partial charge in [0.15, 0.2) is 0 Å². The highest BCUT2D eigenvalue weighted by molar-refractivity contribution is 5.91. The third kappa shape index (κ3) is 3.06. The molecule has 1 aromatic rings. The number of anilines is 1. The lowest BCUT2D eigenvalue weighted by molar-refractivity contribution is -0.115. The number of carbonyl (C=O) groups is 1. The van der Waals surface area contributed by atoms with Crippen molar-refractivity contribution in [1.29, 1.82) is 0 Å². The van der Waals surface area contributed by atoms with E-state index in [1.165, 1.54) is 25.7 Å². The van der Waals surface area contributed by atoms with Crippen molar-refractivity contribution in [2.45, 2.75) is 31.7 Å². The Bertz CT molecular complexity index is 303. The topological polar surface area (TPSA) is 69.8 Å². The van der Waals surface area contributed by atoms with Crippen molar-refractivity contribution in [2.24, 2.45) is 0 Å². The highest BCUT2D eigenvalue weighted by Crippen LogP contribution is 2.17. The van der Waals surface area contributed by atoms with Gasteiger partial charge in [0.1, 0.15) is 0 Å². The molecular weight excluding hydrogens is 192 g/mol. The van der Waals surface area contributed by atoms with E-state index in [9.17, 15) is 4.79 Å². The predicted octanol–water partition coefficient (Wildman–Crippen LogP) is 0.880. The number of nitrogens with one attached hydrogen (secondary N) is 3. The summed E-state index contributed by atoms with van der Waals surface area (Å²) in [4.78, 5) is 11.5. The van der Waals surface area contributed by atoms with E-state index in [0.717, 1.165) is 0 Å². The number of nitrogens with zero attached hydrogens (tertiary/aromatic N) is 1. The van der Waals surface area contributed by atoms with Crippen LogP contribution in [-0.4, -0.2) is 28.7 Å². The number of hydrogen-bond acceptors (Lipinski definition) is 3. The van der Waals surface area contributed by atoms with Crippen LogP contribution in [0.1, 0.15) is 25.7 Å². The molecule has 2 rings (SSSR count). The van der Waals surface area contributed by atoms with E-state index in [0.29, 0.717) is 18.3 Å². The minimum atomic E-state index is -0.0108. The van der Waals surface area contributed by atoms with Crippen LogP contribution < -0.4 is 10.6 Å². The summed E-state index contributed by atoms with van der Waals surface area (Å²) < 4.78 is 0. The molecule has 1 amide bonds. The lowest BCUT2D eigenvalue weighted by Gasteiger charge is -2.10. The zero-order chi connectivity index (χ0) is 10.5. The van der Waals surface area contributed by atoms with Crippen LogP contribution >= 0.6 is 0 Å². The Labute approximate surface area is 88.6 Å². The van der Waals surface area contributed by atoms with Gasteiger partial charge in [-0.3, -0.25) is 9.89 Å². The molecule has 1 aromatic heterocycles. The summed E-state index contributed by atoms with van der Waals surface area (Å²) in [7, 11) is 0. The number of carbonyl (C=O) groups excluding carboxylic acids is 1. The van der Waals surface area contributed by atoms with Crippen LogP contribution in [0, 0.1) is 0 Å². The second kappa shape index (κ2) is 4.93. The first-order valence-electron chi connectivity index (χ1n) is 5.36. The fourth-order valence-electron chi connectivity index (χ4n) is 1.89. The SMILES string of the molecule is O=C(CNC1CCCC1)Nc1cn[nH]c1. The normalized spacial score (nSPS) is 16.8. The fraction of sp³-hybridized carbons (Fsp3) is 0.600. The molecule has 1 heterocycles. The zero-order valence-corrected chi connectivity index (χ0v) is 8.62. The molecule has 82 valence electrons. The van der Waals surface area contributed by atoms with Crippen molar-refractivity contribution in [2.75, 3.05) is 11.9 Å². The molecule has 5 nitrogen and oxygen atoms in total. The van der Waals surface area contributed by atoms with Crippen LogP contribution in [0.15, 0.2) is 12.4 Å². The summed E-state index contributed by atoms with van der Waals surface area (Å²) in [6.07, 6.45) is 8.20. The Hall–Kier alpha value is -1.36. The van der Waals surface area contributed by atoms with E-state index in [2.05, 4.69) is 20.8 Å². The second-order valence-corrected chi connectivity index (χ2v) is 3.90. The van der Waals surface area contributed by atoms with Crippen LogP contribution in [0.2, 0.25) is 0 Å². The number of aromatic nitrogens is 2. The molecule has 1 aliphatic rings. The average molecular weight is 208 g/mol. The molecule has 0 aromatic carbocycles. The molecule has 0 radical (unpaired) electrons. The van der Waals surface area contributed by atoms with Crippen molar-refractivity contribution in [3.8, 4) is 0 Å². The largest absolute Gasteiger partial charge is 0.322 e. The van der Waals surface area contributed by atoms with Crippen LogP contribution in [0.25, 0.3) is 0 Å². The molecule has 1 aliphatic carbocycles. The molecule has 0 spiro atoms. The van der Waals surface area contributed by atoms with E-state index in [-0.39, 0.29) is 5.91 Å². The van der Waals surface area contributed by atoms with Gasteiger partial charge in [-0.05, 0) is 12.8 Å². The van der Waals surface area contributed by atoms with E-state index >= 15 is 0 Å². The van der Waals surface area contributed by atoms with Gasteiger partial charge in [-0.15, -0.1) is 0 Å². The summed E-state index contributed by atoms with van der Waals surface area (Å²) in [5.74, 6) is -0.0108. The van der Waals surface area contributed by atoms with E-state index < -0.39 is 0 Å². The van der Waals surface area contributed by atoms with Crippen molar-refractivity contribution < 1.29 is 4.79 Å². The molecule has 0 bridgehead atoms. The fourth-order valence-corrected chi connectivity index (χ4v) is 1.89. The molecule has 5 heteroatoms. The Kier molecular flexibility index (Phi) is 3.34. The van der Waals surface area contributed by atoms with Crippen LogP contribution in [0.5, 0.6) is 0 Å². The van der Waals surface area contributed by atoms with Gasteiger partial charge in [-0.1, -0.05) is 12.8 Å². The first kappa shape index (κ1) is 10.2. The van der Waals surface area contributed by atoms with E-state index in [1.54, 1.807) is 12.4 Å². The third-order valence-electron chi connectivity index (χ3n) is 2.69. The predicted molar refractivity (Wildman–Crippen MR) is 57.5 cm³/mol. The van der Waals surface area contributed by atoms with Crippen molar-refractivity contribution in [3.05, 3.63) is 12.4 Å². The van der Waals surface area contributed by atoms with Gasteiger partial charge in [0.25, 0.3) is 0 Å². The lowest BCUT2D eigenvalue weighted by atomic mass is 10.2. The number of hydrogen-bond donors (Lipinski definition) is 3. The van der Waals surface area contributed by atoms with Crippen molar-refractivity contribution >= 4 is 11.6 Å². The van der Waals surface area contributed by atoms with Gasteiger partial charge in [-0.2, -0.15) is 5.10 Å². The molecule has 3 N–H and O–H groups in total. The first-order valence-corrected chi connectivity index (χ1v) is 5.36. The van der Waals surface area contributed by atoms with Gasteiger partial charge in [-0.25, -0.2) is 0 Å². The summed E-state index contributed by atoms with van der Waals surface area (Å²) >= 11 is 0. The van der Waals surface area contributed by atoms with Crippen LogP contribution in [0.3, 0.4) is 0 Å². The monoisotopic (exact) mass is 208 g/mol. The molecule has 0 aliphatic heterocycles. The molecule has 0 saturated heterocycles. The number of amides is 1. The van der Waals surface area contributed by atoms with E-state index in [4.69, 9.17) is 0 Å². The number of rotatable bonds is 4. The standard InChI is InChI=1S/C10H16N4O/c15-10(14-9-5-12-13-6-9)7-11-8-3-1-2-4-8/h5-6,8,11H,1-4,7H2,(H,12,13)(H,14,15). The smallest absolute Gasteiger partial charge is 0.238 e. The van der Waals surface area contributed by atoms with Crippen molar-refractivity contribution in [3.63, 3.8) is 0 Å². The minimum Gasteiger partial charge on any atom is -0.322 e. The number of H-pyrrole nitrogens is 1. The molecule has 1 saturated carbocycles. The maximum atomic E-state index is 11.5. The Morgan fingerprint density at radius 3 is 3.00 bits per heavy atom. The molecular formula is C10H16N4O. The Morgan fingerprint density at radius 1 is 1.53 bits per heavy atom. The van der Waals surface area contributed by atoms with Gasteiger partial charge in [0.2, 0.25) is 5.91 Å². The summed E-state index contributed by atoms with van der Waals surface area (Å²) in [5, 5.41) is 12.4. The quantitative estimate of drug-likeness (QED) is 0.688. The van der Waals surface area contributed by atoms with Gasteiger partial charge < -0.3 is 10.6 Å². The summed E-state index contributed by atoms with van der Waals surface area (Å²) in [5.41, 5.74) is 0.716. The van der Waals surface area contributed by atoms with Crippen molar-refractivity contribution in [1.82, 2.24) is 15.5 Å². The van der Waals surface area contributed by atoms with Gasteiger partial charge in [0.05, 0.1) is 18.4 Å². The highest BCUT2D eigenvalue weighted by atomic mass is 16.1. The second-order valence-electron chi connectivity index (χ2n) is 3.90. The third-order valence-corrected chi connectivity index (χ3v) is 2.69. The molecule has 0 unspecified atom stereocenters. The maximum absolute atomic E-state index is 11.5. The Morgan fingerprint density at radius 2 is 2.33 bits per heavy atom. The zero-order valence-electron chi connectivity index (χ0n) is 8.62. The van der Waals surface area contributed by atoms with Crippen LogP contribution in [0.4, 0.5) is 5.69 Å². The molecule has 1 fully saturated rings. The molecule has 15 heavy (non-hydrogen) atoms.